The molecule has 1 aromatic carbocycles. The Bertz CT molecular complexity index is 429. The standard InChI is InChI=1S/C16H24F2O/c1-10(2)8-16(19,9-11(3)4)14-13(17)7-6-12(5)15(14)18/h6-7,10-11,19H,8-9H2,1-5H3. The molecule has 0 aliphatic carbocycles. The normalized spacial score (nSPS) is 12.5. The third kappa shape index (κ3) is 3.75. The molecule has 0 atom stereocenters. The summed E-state index contributed by atoms with van der Waals surface area (Å²) in [5, 5.41) is 10.8. The molecule has 19 heavy (non-hydrogen) atoms. The molecule has 0 saturated carbocycles. The average molecular weight is 270 g/mol. The van der Waals surface area contributed by atoms with Crippen molar-refractivity contribution in [2.75, 3.05) is 0 Å². The van der Waals surface area contributed by atoms with Crippen LogP contribution in [0.1, 0.15) is 51.7 Å². The van der Waals surface area contributed by atoms with Gasteiger partial charge in [0.1, 0.15) is 11.6 Å². The second-order valence-electron chi connectivity index (χ2n) is 6.28. The second-order valence-corrected chi connectivity index (χ2v) is 6.28. The molecule has 0 unspecified atom stereocenters. The molecule has 1 aromatic rings. The minimum absolute atomic E-state index is 0.156. The van der Waals surface area contributed by atoms with Gasteiger partial charge in [-0.2, -0.15) is 0 Å². The molecule has 0 radical (unpaired) electrons. The number of hydrogen-bond acceptors (Lipinski definition) is 1. The lowest BCUT2D eigenvalue weighted by atomic mass is 9.79. The zero-order valence-electron chi connectivity index (χ0n) is 12.4. The molecule has 0 saturated heterocycles. The van der Waals surface area contributed by atoms with E-state index in [1.807, 2.05) is 27.7 Å². The highest BCUT2D eigenvalue weighted by Gasteiger charge is 2.36. The lowest BCUT2D eigenvalue weighted by molar-refractivity contribution is -0.0109. The molecular formula is C16H24F2O. The van der Waals surface area contributed by atoms with Gasteiger partial charge < -0.3 is 5.11 Å². The first kappa shape index (κ1) is 16.1. The van der Waals surface area contributed by atoms with Crippen LogP contribution in [0.5, 0.6) is 0 Å². The van der Waals surface area contributed by atoms with Crippen LogP contribution in [0.25, 0.3) is 0 Å². The van der Waals surface area contributed by atoms with Crippen LogP contribution in [0.3, 0.4) is 0 Å². The highest BCUT2D eigenvalue weighted by Crippen LogP contribution is 2.38. The first-order valence-electron chi connectivity index (χ1n) is 6.85. The van der Waals surface area contributed by atoms with Crippen LogP contribution in [0.2, 0.25) is 0 Å². The quantitative estimate of drug-likeness (QED) is 0.832. The van der Waals surface area contributed by atoms with Crippen molar-refractivity contribution >= 4 is 0 Å². The molecule has 0 bridgehead atoms. The lowest BCUT2D eigenvalue weighted by Crippen LogP contribution is -2.32. The average Bonchev–Trinajstić information content (AvgIpc) is 2.21. The monoisotopic (exact) mass is 270 g/mol. The Morgan fingerprint density at radius 3 is 1.95 bits per heavy atom. The minimum atomic E-state index is -1.44. The van der Waals surface area contributed by atoms with Crippen LogP contribution in [-0.4, -0.2) is 5.11 Å². The van der Waals surface area contributed by atoms with Gasteiger partial charge in [0.2, 0.25) is 0 Å². The maximum Gasteiger partial charge on any atom is 0.135 e. The summed E-state index contributed by atoms with van der Waals surface area (Å²) < 4.78 is 28.3. The first-order chi connectivity index (χ1) is 8.67. The van der Waals surface area contributed by atoms with Crippen molar-refractivity contribution < 1.29 is 13.9 Å². The second kappa shape index (κ2) is 6.00. The number of aryl methyl sites for hydroxylation is 1. The van der Waals surface area contributed by atoms with Gasteiger partial charge in [-0.1, -0.05) is 33.8 Å². The molecule has 1 rings (SSSR count). The highest BCUT2D eigenvalue weighted by molar-refractivity contribution is 5.31. The fourth-order valence-corrected chi connectivity index (χ4v) is 2.72. The predicted octanol–water partition coefficient (Wildman–Crippen LogP) is 4.55. The summed E-state index contributed by atoms with van der Waals surface area (Å²) in [6.45, 7) is 9.35. The van der Waals surface area contributed by atoms with Crippen LogP contribution >= 0.6 is 0 Å². The van der Waals surface area contributed by atoms with Gasteiger partial charge in [-0.15, -0.1) is 0 Å². The predicted molar refractivity (Wildman–Crippen MR) is 73.9 cm³/mol. The van der Waals surface area contributed by atoms with E-state index in [1.165, 1.54) is 12.1 Å². The summed E-state index contributed by atoms with van der Waals surface area (Å²) in [5.41, 5.74) is -1.25. The Balaban J connectivity index is 3.36. The van der Waals surface area contributed by atoms with E-state index in [0.717, 1.165) is 0 Å². The van der Waals surface area contributed by atoms with Crippen LogP contribution in [0.4, 0.5) is 8.78 Å². The fraction of sp³-hybridized carbons (Fsp3) is 0.625. The van der Waals surface area contributed by atoms with Gasteiger partial charge in [0.15, 0.2) is 0 Å². The highest BCUT2D eigenvalue weighted by atomic mass is 19.1. The van der Waals surface area contributed by atoms with E-state index in [2.05, 4.69) is 0 Å². The Morgan fingerprint density at radius 2 is 1.53 bits per heavy atom. The molecule has 3 heteroatoms. The summed E-state index contributed by atoms with van der Waals surface area (Å²) in [7, 11) is 0. The van der Waals surface area contributed by atoms with Gasteiger partial charge in [-0.25, -0.2) is 8.78 Å². The topological polar surface area (TPSA) is 20.2 Å². The number of halogens is 2. The van der Waals surface area contributed by atoms with Crippen LogP contribution in [-0.2, 0) is 5.60 Å². The Kier molecular flexibility index (Phi) is 5.08. The Hall–Kier alpha value is -0.960. The smallest absolute Gasteiger partial charge is 0.135 e. The maximum atomic E-state index is 14.3. The first-order valence-corrected chi connectivity index (χ1v) is 6.85. The molecule has 0 fully saturated rings. The molecule has 0 aromatic heterocycles. The zero-order valence-corrected chi connectivity index (χ0v) is 12.4. The molecule has 0 aliphatic rings. The van der Waals surface area contributed by atoms with E-state index in [4.69, 9.17) is 0 Å². The van der Waals surface area contributed by atoms with Crippen molar-refractivity contribution in [1.82, 2.24) is 0 Å². The zero-order chi connectivity index (χ0) is 14.8. The van der Waals surface area contributed by atoms with Gasteiger partial charge in [0, 0.05) is 0 Å². The lowest BCUT2D eigenvalue weighted by Gasteiger charge is -2.33. The molecule has 0 spiro atoms. The fourth-order valence-electron chi connectivity index (χ4n) is 2.72. The molecule has 1 N–H and O–H groups in total. The molecular weight excluding hydrogens is 246 g/mol. The molecule has 0 amide bonds. The van der Waals surface area contributed by atoms with Gasteiger partial charge in [-0.05, 0) is 43.2 Å². The maximum absolute atomic E-state index is 14.3. The van der Waals surface area contributed by atoms with E-state index < -0.39 is 17.2 Å². The number of hydrogen-bond donors (Lipinski definition) is 1. The van der Waals surface area contributed by atoms with Crippen molar-refractivity contribution in [2.45, 2.75) is 53.1 Å². The summed E-state index contributed by atoms with van der Waals surface area (Å²) in [4.78, 5) is 0. The third-order valence-corrected chi connectivity index (χ3v) is 3.24. The van der Waals surface area contributed by atoms with Crippen molar-refractivity contribution in [3.63, 3.8) is 0 Å². The van der Waals surface area contributed by atoms with Crippen molar-refractivity contribution in [2.24, 2.45) is 11.8 Å². The SMILES string of the molecule is Cc1ccc(F)c(C(O)(CC(C)C)CC(C)C)c1F. The van der Waals surface area contributed by atoms with Gasteiger partial charge in [0.25, 0.3) is 0 Å². The van der Waals surface area contributed by atoms with Crippen molar-refractivity contribution in [1.29, 1.82) is 0 Å². The van der Waals surface area contributed by atoms with Crippen molar-refractivity contribution in [3.8, 4) is 0 Å². The number of rotatable bonds is 5. The largest absolute Gasteiger partial charge is 0.385 e. The van der Waals surface area contributed by atoms with Gasteiger partial charge in [-0.3, -0.25) is 0 Å². The van der Waals surface area contributed by atoms with Crippen molar-refractivity contribution in [3.05, 3.63) is 34.9 Å². The van der Waals surface area contributed by atoms with E-state index in [-0.39, 0.29) is 17.4 Å². The summed E-state index contributed by atoms with van der Waals surface area (Å²) in [6, 6.07) is 2.64. The van der Waals surface area contributed by atoms with Gasteiger partial charge in [0.05, 0.1) is 11.2 Å². The summed E-state index contributed by atoms with van der Waals surface area (Å²) >= 11 is 0. The molecule has 0 heterocycles. The Morgan fingerprint density at radius 1 is 1.05 bits per heavy atom. The number of aliphatic hydroxyl groups is 1. The molecule has 1 nitrogen and oxygen atoms in total. The summed E-state index contributed by atoms with van der Waals surface area (Å²) in [5.74, 6) is -0.971. The van der Waals surface area contributed by atoms with Crippen LogP contribution in [0.15, 0.2) is 12.1 Å². The van der Waals surface area contributed by atoms with Crippen LogP contribution < -0.4 is 0 Å². The Labute approximate surface area is 114 Å². The third-order valence-electron chi connectivity index (χ3n) is 3.24. The molecule has 0 aliphatic heterocycles. The summed E-state index contributed by atoms with van der Waals surface area (Å²) in [6.07, 6.45) is 0.699. The van der Waals surface area contributed by atoms with E-state index in [9.17, 15) is 13.9 Å². The van der Waals surface area contributed by atoms with Gasteiger partial charge >= 0.3 is 0 Å². The number of benzene rings is 1. The van der Waals surface area contributed by atoms with Crippen LogP contribution in [0, 0.1) is 30.4 Å². The van der Waals surface area contributed by atoms with E-state index in [1.54, 1.807) is 6.92 Å². The van der Waals surface area contributed by atoms with E-state index >= 15 is 0 Å². The van der Waals surface area contributed by atoms with E-state index in [0.29, 0.717) is 18.4 Å². The molecule has 108 valence electrons. The minimum Gasteiger partial charge on any atom is -0.385 e.